The first-order chi connectivity index (χ1) is 9.38. The highest BCUT2D eigenvalue weighted by molar-refractivity contribution is 5.75. The first-order valence-electron chi connectivity index (χ1n) is 8.00. The second-order valence-electron chi connectivity index (χ2n) is 7.61. The average molecular weight is 278 g/mol. The lowest BCUT2D eigenvalue weighted by molar-refractivity contribution is -0.164. The minimum absolute atomic E-state index is 0.107. The van der Waals surface area contributed by atoms with E-state index in [0.717, 1.165) is 44.9 Å². The molecule has 112 valence electrons. The first kappa shape index (κ1) is 14.1. The monoisotopic (exact) mass is 278 g/mol. The Labute approximate surface area is 121 Å². The van der Waals surface area contributed by atoms with Gasteiger partial charge in [0.05, 0.1) is 11.5 Å². The molecule has 0 saturated heterocycles. The van der Waals surface area contributed by atoms with Crippen molar-refractivity contribution in [3.05, 3.63) is 11.6 Å². The molecule has 0 aliphatic heterocycles. The molecule has 5 atom stereocenters. The third-order valence-electron chi connectivity index (χ3n) is 6.59. The average Bonchev–Trinajstić information content (AvgIpc) is 2.37. The van der Waals surface area contributed by atoms with Gasteiger partial charge in [-0.25, -0.2) is 0 Å². The van der Waals surface area contributed by atoms with Crippen LogP contribution in [0.25, 0.3) is 0 Å². The van der Waals surface area contributed by atoms with Gasteiger partial charge >= 0.3 is 5.97 Å². The number of carbonyl (C=O) groups is 1. The number of aliphatic hydroxyl groups is 1. The molecule has 2 N–H and O–H groups in total. The predicted octanol–water partition coefficient (Wildman–Crippen LogP) is 3.37. The highest BCUT2D eigenvalue weighted by Crippen LogP contribution is 2.62. The molecule has 0 aromatic rings. The maximum atomic E-state index is 11.8. The van der Waals surface area contributed by atoms with Crippen molar-refractivity contribution in [2.75, 3.05) is 0 Å². The van der Waals surface area contributed by atoms with Crippen LogP contribution in [0.3, 0.4) is 0 Å². The van der Waals surface area contributed by atoms with Crippen LogP contribution in [-0.2, 0) is 4.79 Å². The van der Waals surface area contributed by atoms with E-state index >= 15 is 0 Å². The summed E-state index contributed by atoms with van der Waals surface area (Å²) in [6, 6.07) is 0. The number of aliphatic hydroxyl groups excluding tert-OH is 1. The van der Waals surface area contributed by atoms with Crippen LogP contribution in [0.1, 0.15) is 58.8 Å². The first-order valence-corrected chi connectivity index (χ1v) is 8.00. The highest BCUT2D eigenvalue weighted by Gasteiger charge is 2.57. The lowest BCUT2D eigenvalue weighted by atomic mass is 9.46. The van der Waals surface area contributed by atoms with E-state index in [4.69, 9.17) is 0 Å². The van der Waals surface area contributed by atoms with Crippen LogP contribution in [-0.4, -0.2) is 22.3 Å². The fourth-order valence-electron chi connectivity index (χ4n) is 5.53. The standard InChI is InChI=1S/C17H26O3/c1-16-8-3-9-17(2,15(19)20)14(16)7-4-11-10-12(18)5-6-13(11)16/h10,12-14,18H,3-9H2,1-2H3,(H,19,20)/t12-,13-,14+,16+,17+/m0/s1. The number of rotatable bonds is 1. The number of aliphatic carboxylic acids is 1. The van der Waals surface area contributed by atoms with E-state index in [1.807, 2.05) is 6.92 Å². The van der Waals surface area contributed by atoms with E-state index in [1.54, 1.807) is 0 Å². The molecular formula is C17H26O3. The fourth-order valence-corrected chi connectivity index (χ4v) is 5.53. The summed E-state index contributed by atoms with van der Waals surface area (Å²) in [7, 11) is 0. The second-order valence-corrected chi connectivity index (χ2v) is 7.61. The summed E-state index contributed by atoms with van der Waals surface area (Å²) in [6.45, 7) is 4.27. The Morgan fingerprint density at radius 3 is 2.70 bits per heavy atom. The van der Waals surface area contributed by atoms with Crippen molar-refractivity contribution in [2.45, 2.75) is 64.9 Å². The molecule has 3 rings (SSSR count). The van der Waals surface area contributed by atoms with E-state index in [-0.39, 0.29) is 17.4 Å². The predicted molar refractivity (Wildman–Crippen MR) is 77.2 cm³/mol. The number of carboxylic acids is 1. The SMILES string of the molecule is C[C@]12CCC[C@@](C)(C(=O)O)[C@@H]1CCC1=C[C@@H](O)CC[C@@H]12. The minimum atomic E-state index is -0.614. The Morgan fingerprint density at radius 1 is 1.25 bits per heavy atom. The van der Waals surface area contributed by atoms with Crippen molar-refractivity contribution < 1.29 is 15.0 Å². The van der Waals surface area contributed by atoms with E-state index < -0.39 is 11.4 Å². The molecule has 3 nitrogen and oxygen atoms in total. The molecule has 0 radical (unpaired) electrons. The largest absolute Gasteiger partial charge is 0.481 e. The van der Waals surface area contributed by atoms with Gasteiger partial charge < -0.3 is 10.2 Å². The second kappa shape index (κ2) is 4.59. The van der Waals surface area contributed by atoms with Crippen LogP contribution in [0.5, 0.6) is 0 Å². The molecule has 3 heteroatoms. The maximum absolute atomic E-state index is 11.8. The van der Waals surface area contributed by atoms with Gasteiger partial charge in [0.2, 0.25) is 0 Å². The van der Waals surface area contributed by atoms with Gasteiger partial charge in [0.15, 0.2) is 0 Å². The van der Waals surface area contributed by atoms with Gasteiger partial charge in [-0.05, 0) is 62.7 Å². The Kier molecular flexibility index (Phi) is 3.24. The summed E-state index contributed by atoms with van der Waals surface area (Å²) < 4.78 is 0. The third-order valence-corrected chi connectivity index (χ3v) is 6.59. The van der Waals surface area contributed by atoms with Gasteiger partial charge in [-0.15, -0.1) is 0 Å². The summed E-state index contributed by atoms with van der Waals surface area (Å²) >= 11 is 0. The maximum Gasteiger partial charge on any atom is 0.309 e. The van der Waals surface area contributed by atoms with Gasteiger partial charge in [-0.1, -0.05) is 25.0 Å². The summed E-state index contributed by atoms with van der Waals surface area (Å²) in [4.78, 5) is 11.8. The van der Waals surface area contributed by atoms with Gasteiger partial charge in [0, 0.05) is 0 Å². The van der Waals surface area contributed by atoms with E-state index in [0.29, 0.717) is 5.92 Å². The van der Waals surface area contributed by atoms with Crippen molar-refractivity contribution in [3.63, 3.8) is 0 Å². The lowest BCUT2D eigenvalue weighted by Gasteiger charge is -2.58. The van der Waals surface area contributed by atoms with Crippen molar-refractivity contribution in [2.24, 2.45) is 22.7 Å². The topological polar surface area (TPSA) is 57.5 Å². The smallest absolute Gasteiger partial charge is 0.309 e. The van der Waals surface area contributed by atoms with E-state index in [9.17, 15) is 15.0 Å². The Balaban J connectivity index is 1.99. The lowest BCUT2D eigenvalue weighted by Crippen LogP contribution is -2.54. The van der Waals surface area contributed by atoms with Gasteiger partial charge in [0.25, 0.3) is 0 Å². The highest BCUT2D eigenvalue weighted by atomic mass is 16.4. The Hall–Kier alpha value is -0.830. The van der Waals surface area contributed by atoms with Crippen LogP contribution in [0.4, 0.5) is 0 Å². The fraction of sp³-hybridized carbons (Fsp3) is 0.824. The zero-order valence-corrected chi connectivity index (χ0v) is 12.6. The Morgan fingerprint density at radius 2 is 2.00 bits per heavy atom. The van der Waals surface area contributed by atoms with Crippen molar-refractivity contribution in [3.8, 4) is 0 Å². The van der Waals surface area contributed by atoms with Crippen LogP contribution < -0.4 is 0 Å². The molecule has 2 saturated carbocycles. The minimum Gasteiger partial charge on any atom is -0.481 e. The molecule has 2 fully saturated rings. The molecule has 0 aromatic carbocycles. The van der Waals surface area contributed by atoms with E-state index in [1.165, 1.54) is 5.57 Å². The molecule has 0 unspecified atom stereocenters. The van der Waals surface area contributed by atoms with Gasteiger partial charge in [-0.2, -0.15) is 0 Å². The summed E-state index contributed by atoms with van der Waals surface area (Å²) in [5, 5.41) is 19.6. The zero-order chi connectivity index (χ0) is 14.5. The molecule has 0 amide bonds. The number of fused-ring (bicyclic) bond motifs is 3. The van der Waals surface area contributed by atoms with Crippen LogP contribution >= 0.6 is 0 Å². The summed E-state index contributed by atoms with van der Waals surface area (Å²) in [6.07, 6.45) is 8.55. The van der Waals surface area contributed by atoms with E-state index in [2.05, 4.69) is 13.0 Å². The molecule has 0 aromatic heterocycles. The zero-order valence-electron chi connectivity index (χ0n) is 12.6. The van der Waals surface area contributed by atoms with Crippen molar-refractivity contribution in [1.29, 1.82) is 0 Å². The number of carboxylic acid groups (broad SMARTS) is 1. The van der Waals surface area contributed by atoms with Crippen molar-refractivity contribution in [1.82, 2.24) is 0 Å². The number of allylic oxidation sites excluding steroid dienone is 1. The summed E-state index contributed by atoms with van der Waals surface area (Å²) in [5.74, 6) is 0.152. The van der Waals surface area contributed by atoms with Crippen LogP contribution in [0.2, 0.25) is 0 Å². The third kappa shape index (κ3) is 1.86. The van der Waals surface area contributed by atoms with Crippen LogP contribution in [0, 0.1) is 22.7 Å². The molecule has 0 spiro atoms. The van der Waals surface area contributed by atoms with Crippen molar-refractivity contribution >= 4 is 5.97 Å². The Bertz CT molecular complexity index is 455. The molecule has 3 aliphatic rings. The van der Waals surface area contributed by atoms with Crippen LogP contribution in [0.15, 0.2) is 11.6 Å². The van der Waals surface area contributed by atoms with Gasteiger partial charge in [-0.3, -0.25) is 4.79 Å². The number of hydrogen-bond donors (Lipinski definition) is 2. The molecule has 0 bridgehead atoms. The molecule has 0 heterocycles. The van der Waals surface area contributed by atoms with Gasteiger partial charge in [0.1, 0.15) is 0 Å². The normalized spacial score (nSPS) is 48.0. The quantitative estimate of drug-likeness (QED) is 0.723. The summed E-state index contributed by atoms with van der Waals surface area (Å²) in [5.41, 5.74) is 0.946. The molecule has 3 aliphatic carbocycles. The molecule has 20 heavy (non-hydrogen) atoms. The number of hydrogen-bond acceptors (Lipinski definition) is 2. The molecular weight excluding hydrogens is 252 g/mol.